The molecule has 0 aliphatic carbocycles. The van der Waals surface area contributed by atoms with Crippen molar-refractivity contribution in [1.82, 2.24) is 10.2 Å². The average molecular weight is 172 g/mol. The lowest BCUT2D eigenvalue weighted by atomic mass is 10.0. The predicted octanol–water partition coefficient (Wildman–Crippen LogP) is -0.691. The molecule has 12 heavy (non-hydrogen) atoms. The number of rotatable bonds is 2. The van der Waals surface area contributed by atoms with Gasteiger partial charge in [-0.3, -0.25) is 4.79 Å². The zero-order chi connectivity index (χ0) is 9.14. The standard InChI is InChI=1S/C8H16N2O2/c1-9-7-5-10(2)4-6(7)8(11)12-3/h6-7,9H,4-5H2,1-3H3. The smallest absolute Gasteiger partial charge is 0.311 e. The number of carbonyl (C=O) groups excluding carboxylic acids is 1. The highest BCUT2D eigenvalue weighted by Gasteiger charge is 2.35. The van der Waals surface area contributed by atoms with E-state index in [0.717, 1.165) is 13.1 Å². The number of ether oxygens (including phenoxy) is 1. The van der Waals surface area contributed by atoms with Crippen LogP contribution in [-0.4, -0.2) is 51.2 Å². The van der Waals surface area contributed by atoms with Gasteiger partial charge in [0.2, 0.25) is 0 Å². The van der Waals surface area contributed by atoms with E-state index in [1.165, 1.54) is 7.11 Å². The molecular weight excluding hydrogens is 156 g/mol. The van der Waals surface area contributed by atoms with Crippen LogP contribution < -0.4 is 5.32 Å². The first kappa shape index (κ1) is 9.48. The van der Waals surface area contributed by atoms with Crippen LogP contribution in [-0.2, 0) is 9.53 Å². The number of hydrogen-bond acceptors (Lipinski definition) is 4. The van der Waals surface area contributed by atoms with Gasteiger partial charge in [0.25, 0.3) is 0 Å². The summed E-state index contributed by atoms with van der Waals surface area (Å²) < 4.78 is 4.71. The Kier molecular flexibility index (Phi) is 3.05. The van der Waals surface area contributed by atoms with Crippen molar-refractivity contribution in [3.63, 3.8) is 0 Å². The topological polar surface area (TPSA) is 41.6 Å². The van der Waals surface area contributed by atoms with E-state index < -0.39 is 0 Å². The Labute approximate surface area is 72.9 Å². The zero-order valence-electron chi connectivity index (χ0n) is 7.83. The van der Waals surface area contributed by atoms with Crippen molar-refractivity contribution in [3.8, 4) is 0 Å². The summed E-state index contributed by atoms with van der Waals surface area (Å²) in [6.07, 6.45) is 0. The summed E-state index contributed by atoms with van der Waals surface area (Å²) in [4.78, 5) is 13.4. The van der Waals surface area contributed by atoms with Crippen LogP contribution in [0.3, 0.4) is 0 Å². The number of esters is 1. The molecular formula is C8H16N2O2. The largest absolute Gasteiger partial charge is 0.469 e. The number of likely N-dealkylation sites (N-methyl/N-ethyl adjacent to an activating group) is 2. The molecule has 4 nitrogen and oxygen atoms in total. The average Bonchev–Trinajstić information content (AvgIpc) is 2.45. The third kappa shape index (κ3) is 1.76. The minimum Gasteiger partial charge on any atom is -0.469 e. The van der Waals surface area contributed by atoms with Gasteiger partial charge in [-0.05, 0) is 14.1 Å². The molecule has 1 aliphatic rings. The van der Waals surface area contributed by atoms with Gasteiger partial charge in [-0.1, -0.05) is 0 Å². The Hall–Kier alpha value is -0.610. The fourth-order valence-corrected chi connectivity index (χ4v) is 1.68. The summed E-state index contributed by atoms with van der Waals surface area (Å²) in [6.45, 7) is 1.70. The van der Waals surface area contributed by atoms with Crippen LogP contribution in [0.5, 0.6) is 0 Å². The summed E-state index contributed by atoms with van der Waals surface area (Å²) in [5, 5.41) is 3.12. The van der Waals surface area contributed by atoms with Crippen LogP contribution in [0.1, 0.15) is 0 Å². The number of carbonyl (C=O) groups is 1. The molecule has 0 aromatic rings. The quantitative estimate of drug-likeness (QED) is 0.560. The molecule has 1 N–H and O–H groups in total. The Morgan fingerprint density at radius 3 is 2.75 bits per heavy atom. The molecule has 0 amide bonds. The van der Waals surface area contributed by atoms with E-state index in [-0.39, 0.29) is 17.9 Å². The van der Waals surface area contributed by atoms with Gasteiger partial charge in [0, 0.05) is 19.1 Å². The molecule has 1 fully saturated rings. The second-order valence-corrected chi connectivity index (χ2v) is 3.25. The van der Waals surface area contributed by atoms with Crippen LogP contribution >= 0.6 is 0 Å². The van der Waals surface area contributed by atoms with Crippen molar-refractivity contribution < 1.29 is 9.53 Å². The summed E-state index contributed by atoms with van der Waals surface area (Å²) in [7, 11) is 5.32. The third-order valence-corrected chi connectivity index (χ3v) is 2.38. The highest BCUT2D eigenvalue weighted by atomic mass is 16.5. The van der Waals surface area contributed by atoms with Crippen molar-refractivity contribution in [1.29, 1.82) is 0 Å². The molecule has 70 valence electrons. The minimum absolute atomic E-state index is 0.00926. The maximum atomic E-state index is 11.2. The van der Waals surface area contributed by atoms with E-state index in [9.17, 15) is 4.79 Å². The molecule has 0 aromatic carbocycles. The normalized spacial score (nSPS) is 30.6. The maximum absolute atomic E-state index is 11.2. The van der Waals surface area contributed by atoms with Crippen molar-refractivity contribution in [2.45, 2.75) is 6.04 Å². The van der Waals surface area contributed by atoms with E-state index >= 15 is 0 Å². The fraction of sp³-hybridized carbons (Fsp3) is 0.875. The third-order valence-electron chi connectivity index (χ3n) is 2.38. The number of nitrogens with one attached hydrogen (secondary N) is 1. The SMILES string of the molecule is CNC1CN(C)CC1C(=O)OC. The molecule has 0 saturated carbocycles. The van der Waals surface area contributed by atoms with E-state index in [4.69, 9.17) is 4.74 Å². The van der Waals surface area contributed by atoms with Crippen molar-refractivity contribution in [3.05, 3.63) is 0 Å². The molecule has 0 spiro atoms. The molecule has 4 heteroatoms. The maximum Gasteiger partial charge on any atom is 0.311 e. The summed E-state index contributed by atoms with van der Waals surface area (Å²) in [6, 6.07) is 0.238. The number of methoxy groups -OCH3 is 1. The molecule has 0 bridgehead atoms. The molecule has 2 atom stereocenters. The van der Waals surface area contributed by atoms with Gasteiger partial charge in [-0.2, -0.15) is 0 Å². The molecule has 1 saturated heterocycles. The van der Waals surface area contributed by atoms with Crippen LogP contribution in [0.4, 0.5) is 0 Å². The molecule has 0 aromatic heterocycles. The molecule has 1 aliphatic heterocycles. The Morgan fingerprint density at radius 1 is 1.58 bits per heavy atom. The number of likely N-dealkylation sites (tertiary alicyclic amines) is 1. The van der Waals surface area contributed by atoms with Crippen LogP contribution in [0, 0.1) is 5.92 Å². The van der Waals surface area contributed by atoms with Crippen molar-refractivity contribution >= 4 is 5.97 Å². The summed E-state index contributed by atoms with van der Waals surface area (Å²) >= 11 is 0. The fourth-order valence-electron chi connectivity index (χ4n) is 1.68. The molecule has 1 heterocycles. The molecule has 0 radical (unpaired) electrons. The highest BCUT2D eigenvalue weighted by molar-refractivity contribution is 5.73. The first-order valence-corrected chi connectivity index (χ1v) is 4.12. The monoisotopic (exact) mass is 172 g/mol. The summed E-state index contributed by atoms with van der Waals surface area (Å²) in [5.41, 5.74) is 0. The minimum atomic E-state index is -0.112. The van der Waals surface area contributed by atoms with Gasteiger partial charge in [0.15, 0.2) is 0 Å². The lowest BCUT2D eigenvalue weighted by Crippen LogP contribution is -2.37. The van der Waals surface area contributed by atoms with Crippen LogP contribution in [0.15, 0.2) is 0 Å². The lowest BCUT2D eigenvalue weighted by molar-refractivity contribution is -0.145. The van der Waals surface area contributed by atoms with E-state index in [0.29, 0.717) is 0 Å². The number of hydrogen-bond donors (Lipinski definition) is 1. The van der Waals surface area contributed by atoms with Crippen LogP contribution in [0.2, 0.25) is 0 Å². The molecule has 1 rings (SSSR count). The zero-order valence-corrected chi connectivity index (χ0v) is 7.83. The van der Waals surface area contributed by atoms with Crippen LogP contribution in [0.25, 0.3) is 0 Å². The summed E-state index contributed by atoms with van der Waals surface area (Å²) in [5.74, 6) is -0.122. The van der Waals surface area contributed by atoms with Gasteiger partial charge in [0.1, 0.15) is 0 Å². The van der Waals surface area contributed by atoms with Gasteiger partial charge in [-0.15, -0.1) is 0 Å². The Morgan fingerprint density at radius 2 is 2.25 bits per heavy atom. The lowest BCUT2D eigenvalue weighted by Gasteiger charge is -2.14. The predicted molar refractivity (Wildman–Crippen MR) is 45.9 cm³/mol. The van der Waals surface area contributed by atoms with E-state index in [1.807, 2.05) is 14.1 Å². The second kappa shape index (κ2) is 3.87. The van der Waals surface area contributed by atoms with E-state index in [1.54, 1.807) is 0 Å². The highest BCUT2D eigenvalue weighted by Crippen LogP contribution is 2.16. The van der Waals surface area contributed by atoms with Gasteiger partial charge >= 0.3 is 5.97 Å². The van der Waals surface area contributed by atoms with Crippen molar-refractivity contribution in [2.75, 3.05) is 34.3 Å². The first-order valence-electron chi connectivity index (χ1n) is 4.12. The van der Waals surface area contributed by atoms with Gasteiger partial charge in [-0.25, -0.2) is 0 Å². The second-order valence-electron chi connectivity index (χ2n) is 3.25. The van der Waals surface area contributed by atoms with E-state index in [2.05, 4.69) is 10.2 Å². The van der Waals surface area contributed by atoms with Crippen molar-refractivity contribution in [2.24, 2.45) is 5.92 Å². The van der Waals surface area contributed by atoms with Gasteiger partial charge < -0.3 is 15.0 Å². The Balaban J connectivity index is 2.57. The first-order chi connectivity index (χ1) is 5.69. The van der Waals surface area contributed by atoms with Gasteiger partial charge in [0.05, 0.1) is 13.0 Å². The Bertz CT molecular complexity index is 172. The molecule has 2 unspecified atom stereocenters. The number of nitrogens with zero attached hydrogens (tertiary/aromatic N) is 1.